The quantitative estimate of drug-likeness (QED) is 0.924. The normalized spacial score (nSPS) is 24.7. The molecule has 3 atom stereocenters. The SMILES string of the molecule is CCC1NC(=O)C(CC)N(C(C)c2nc(C)cs2)C1=O. The van der Waals surface area contributed by atoms with Crippen molar-refractivity contribution in [1.82, 2.24) is 15.2 Å². The van der Waals surface area contributed by atoms with Crippen LogP contribution in [0, 0.1) is 6.92 Å². The van der Waals surface area contributed by atoms with Crippen LogP contribution in [-0.4, -0.2) is 33.8 Å². The summed E-state index contributed by atoms with van der Waals surface area (Å²) in [6, 6.07) is -0.968. The lowest BCUT2D eigenvalue weighted by atomic mass is 10.0. The van der Waals surface area contributed by atoms with Gasteiger partial charge in [0.05, 0.1) is 6.04 Å². The number of aryl methyl sites for hydroxylation is 1. The lowest BCUT2D eigenvalue weighted by molar-refractivity contribution is -0.152. The first kappa shape index (κ1) is 15.0. The van der Waals surface area contributed by atoms with E-state index in [2.05, 4.69) is 10.3 Å². The van der Waals surface area contributed by atoms with E-state index in [0.717, 1.165) is 10.7 Å². The second kappa shape index (κ2) is 5.91. The topological polar surface area (TPSA) is 62.3 Å². The van der Waals surface area contributed by atoms with Crippen molar-refractivity contribution in [3.8, 4) is 0 Å². The number of carbonyl (C=O) groups is 2. The molecular formula is C14H21N3O2S. The summed E-state index contributed by atoms with van der Waals surface area (Å²) < 4.78 is 0. The van der Waals surface area contributed by atoms with Crippen LogP contribution in [0.5, 0.6) is 0 Å². The number of amides is 2. The Kier molecular flexibility index (Phi) is 4.42. The highest BCUT2D eigenvalue weighted by Crippen LogP contribution is 2.29. The molecule has 0 saturated carbocycles. The van der Waals surface area contributed by atoms with Gasteiger partial charge in [-0.25, -0.2) is 4.98 Å². The van der Waals surface area contributed by atoms with E-state index in [1.165, 1.54) is 11.3 Å². The van der Waals surface area contributed by atoms with Crippen molar-refractivity contribution >= 4 is 23.2 Å². The molecule has 110 valence electrons. The lowest BCUT2D eigenvalue weighted by Crippen LogP contribution is -2.63. The molecule has 2 heterocycles. The summed E-state index contributed by atoms with van der Waals surface area (Å²) in [5.41, 5.74) is 0.950. The van der Waals surface area contributed by atoms with Crippen LogP contribution in [0.2, 0.25) is 0 Å². The largest absolute Gasteiger partial charge is 0.343 e. The number of thiazole rings is 1. The molecule has 3 unspecified atom stereocenters. The second-order valence-corrected chi connectivity index (χ2v) is 6.03. The number of nitrogens with one attached hydrogen (secondary N) is 1. The molecule has 0 aromatic carbocycles. The van der Waals surface area contributed by atoms with E-state index in [9.17, 15) is 9.59 Å². The van der Waals surface area contributed by atoms with Gasteiger partial charge < -0.3 is 10.2 Å². The minimum atomic E-state index is -0.409. The van der Waals surface area contributed by atoms with Gasteiger partial charge in [0.15, 0.2) is 0 Å². The molecule has 1 aliphatic heterocycles. The van der Waals surface area contributed by atoms with Gasteiger partial charge in [0.2, 0.25) is 11.8 Å². The fraction of sp³-hybridized carbons (Fsp3) is 0.643. The highest BCUT2D eigenvalue weighted by Gasteiger charge is 2.41. The van der Waals surface area contributed by atoms with Gasteiger partial charge >= 0.3 is 0 Å². The summed E-state index contributed by atoms with van der Waals surface area (Å²) in [6.45, 7) is 7.72. The summed E-state index contributed by atoms with van der Waals surface area (Å²) in [5.74, 6) is -0.0571. The van der Waals surface area contributed by atoms with Crippen LogP contribution < -0.4 is 5.32 Å². The van der Waals surface area contributed by atoms with E-state index in [1.807, 2.05) is 33.1 Å². The molecule has 0 bridgehead atoms. The third-order valence-electron chi connectivity index (χ3n) is 3.71. The molecule has 0 aliphatic carbocycles. The van der Waals surface area contributed by atoms with Gasteiger partial charge in [-0.05, 0) is 26.7 Å². The van der Waals surface area contributed by atoms with Gasteiger partial charge in [-0.1, -0.05) is 13.8 Å². The molecule has 1 aromatic rings. The van der Waals surface area contributed by atoms with Crippen molar-refractivity contribution in [2.45, 2.75) is 58.7 Å². The molecular weight excluding hydrogens is 274 g/mol. The number of rotatable bonds is 4. The van der Waals surface area contributed by atoms with Crippen LogP contribution >= 0.6 is 11.3 Å². The number of piperazine rings is 1. The smallest absolute Gasteiger partial charge is 0.246 e. The fourth-order valence-electron chi connectivity index (χ4n) is 2.59. The summed E-state index contributed by atoms with van der Waals surface area (Å²) in [5, 5.41) is 5.67. The molecule has 0 radical (unpaired) electrons. The maximum Gasteiger partial charge on any atom is 0.246 e. The Balaban J connectivity index is 2.33. The van der Waals surface area contributed by atoms with Crippen molar-refractivity contribution in [2.75, 3.05) is 0 Å². The molecule has 1 fully saturated rings. The molecule has 20 heavy (non-hydrogen) atoms. The average Bonchev–Trinajstić information content (AvgIpc) is 2.86. The van der Waals surface area contributed by atoms with E-state index in [0.29, 0.717) is 12.8 Å². The predicted octanol–water partition coefficient (Wildman–Crippen LogP) is 2.03. The van der Waals surface area contributed by atoms with Gasteiger partial charge in [0.1, 0.15) is 17.1 Å². The van der Waals surface area contributed by atoms with Crippen LogP contribution in [0.15, 0.2) is 5.38 Å². The van der Waals surface area contributed by atoms with Gasteiger partial charge in [0.25, 0.3) is 0 Å². The summed E-state index contributed by atoms with van der Waals surface area (Å²) >= 11 is 1.54. The Labute approximate surface area is 123 Å². The minimum absolute atomic E-state index is 0.000645. The number of hydrogen-bond donors (Lipinski definition) is 1. The minimum Gasteiger partial charge on any atom is -0.343 e. The average molecular weight is 295 g/mol. The van der Waals surface area contributed by atoms with Gasteiger partial charge in [-0.2, -0.15) is 0 Å². The van der Waals surface area contributed by atoms with Crippen molar-refractivity contribution in [1.29, 1.82) is 0 Å². The molecule has 2 rings (SSSR count). The van der Waals surface area contributed by atoms with E-state index in [1.54, 1.807) is 4.90 Å². The molecule has 6 heteroatoms. The molecule has 0 spiro atoms. The van der Waals surface area contributed by atoms with Gasteiger partial charge in [0, 0.05) is 11.1 Å². The molecule has 2 amide bonds. The highest BCUT2D eigenvalue weighted by molar-refractivity contribution is 7.09. The second-order valence-electron chi connectivity index (χ2n) is 5.14. The van der Waals surface area contributed by atoms with E-state index < -0.39 is 12.1 Å². The van der Waals surface area contributed by atoms with E-state index in [-0.39, 0.29) is 17.9 Å². The summed E-state index contributed by atoms with van der Waals surface area (Å²) in [7, 11) is 0. The van der Waals surface area contributed by atoms with Crippen molar-refractivity contribution in [3.05, 3.63) is 16.1 Å². The highest BCUT2D eigenvalue weighted by atomic mass is 32.1. The number of hydrogen-bond acceptors (Lipinski definition) is 4. The standard InChI is InChI=1S/C14H21N3O2S/c1-5-10-14(19)17(11(6-2)12(18)16-10)9(4)13-15-8(3)7-20-13/h7,9-11H,5-6H2,1-4H3,(H,16,18). The first-order valence-electron chi connectivity index (χ1n) is 7.04. The zero-order chi connectivity index (χ0) is 14.9. The summed E-state index contributed by atoms with van der Waals surface area (Å²) in [6.07, 6.45) is 1.23. The van der Waals surface area contributed by atoms with Gasteiger partial charge in [-0.15, -0.1) is 11.3 Å². The van der Waals surface area contributed by atoms with E-state index in [4.69, 9.17) is 0 Å². The van der Waals surface area contributed by atoms with Crippen molar-refractivity contribution < 1.29 is 9.59 Å². The van der Waals surface area contributed by atoms with Crippen LogP contribution in [0.25, 0.3) is 0 Å². The Bertz CT molecular complexity index is 514. The number of aromatic nitrogens is 1. The zero-order valence-electron chi connectivity index (χ0n) is 12.3. The summed E-state index contributed by atoms with van der Waals surface area (Å²) in [4.78, 5) is 30.9. The van der Waals surface area contributed by atoms with E-state index >= 15 is 0 Å². The molecule has 1 N–H and O–H groups in total. The predicted molar refractivity (Wildman–Crippen MR) is 78.4 cm³/mol. The van der Waals surface area contributed by atoms with Crippen molar-refractivity contribution in [3.63, 3.8) is 0 Å². The van der Waals surface area contributed by atoms with Crippen LogP contribution in [-0.2, 0) is 9.59 Å². The first-order chi connectivity index (χ1) is 9.49. The Morgan fingerprint density at radius 1 is 1.40 bits per heavy atom. The monoisotopic (exact) mass is 295 g/mol. The Morgan fingerprint density at radius 3 is 2.60 bits per heavy atom. The van der Waals surface area contributed by atoms with Gasteiger partial charge in [-0.3, -0.25) is 9.59 Å². The van der Waals surface area contributed by atoms with Crippen molar-refractivity contribution in [2.24, 2.45) is 0 Å². The Hall–Kier alpha value is -1.43. The van der Waals surface area contributed by atoms with Crippen LogP contribution in [0.3, 0.4) is 0 Å². The Morgan fingerprint density at radius 2 is 2.10 bits per heavy atom. The van der Waals surface area contributed by atoms with Crippen LogP contribution in [0.4, 0.5) is 0 Å². The third kappa shape index (κ3) is 2.57. The maximum absolute atomic E-state index is 12.6. The molecule has 1 aliphatic rings. The third-order valence-corrected chi connectivity index (χ3v) is 4.85. The number of carbonyl (C=O) groups excluding carboxylic acids is 2. The fourth-order valence-corrected chi connectivity index (χ4v) is 3.44. The zero-order valence-corrected chi connectivity index (χ0v) is 13.2. The molecule has 5 nitrogen and oxygen atoms in total. The first-order valence-corrected chi connectivity index (χ1v) is 7.92. The molecule has 1 saturated heterocycles. The lowest BCUT2D eigenvalue weighted by Gasteiger charge is -2.41. The van der Waals surface area contributed by atoms with Crippen LogP contribution in [0.1, 0.15) is 50.4 Å². The number of nitrogens with zero attached hydrogens (tertiary/aromatic N) is 2. The molecule has 1 aromatic heterocycles. The maximum atomic E-state index is 12.6.